The van der Waals surface area contributed by atoms with Crippen LogP contribution in [-0.4, -0.2) is 24.6 Å². The molecule has 1 N–H and O–H groups in total. The van der Waals surface area contributed by atoms with Crippen LogP contribution in [0.2, 0.25) is 0 Å². The van der Waals surface area contributed by atoms with Crippen LogP contribution in [0.25, 0.3) is 5.76 Å². The van der Waals surface area contributed by atoms with Crippen molar-refractivity contribution in [2.75, 3.05) is 13.7 Å². The molecule has 2 aromatic rings. The van der Waals surface area contributed by atoms with Gasteiger partial charge in [-0.25, -0.2) is 4.39 Å². The molecule has 0 unspecified atom stereocenters. The van der Waals surface area contributed by atoms with Gasteiger partial charge in [0.25, 0.3) is 0 Å². The molecule has 0 spiro atoms. The standard InChI is InChI=1S/C18H17FO4/c1-4-23-11(2)14-10-17(22-3)16(20)9-15(14)18(21)12-6-5-7-13(19)8-12/h5-10,20H,2,4H2,1,3H3. The monoisotopic (exact) mass is 316 g/mol. The molecule has 0 fully saturated rings. The topological polar surface area (TPSA) is 55.8 Å². The highest BCUT2D eigenvalue weighted by Crippen LogP contribution is 2.34. The second-order valence-electron chi connectivity index (χ2n) is 4.77. The van der Waals surface area contributed by atoms with Crippen LogP contribution in [0.1, 0.15) is 28.4 Å². The van der Waals surface area contributed by atoms with E-state index in [1.807, 2.05) is 0 Å². The van der Waals surface area contributed by atoms with E-state index in [-0.39, 0.29) is 28.4 Å². The molecule has 5 heteroatoms. The third-order valence-corrected chi connectivity index (χ3v) is 3.27. The number of aromatic hydroxyl groups is 1. The summed E-state index contributed by atoms with van der Waals surface area (Å²) < 4.78 is 23.8. The van der Waals surface area contributed by atoms with Gasteiger partial charge in [0.1, 0.15) is 11.6 Å². The van der Waals surface area contributed by atoms with Gasteiger partial charge < -0.3 is 14.6 Å². The normalized spacial score (nSPS) is 10.2. The molecule has 0 aliphatic rings. The molecule has 2 aromatic carbocycles. The molecule has 2 rings (SSSR count). The average Bonchev–Trinajstić information content (AvgIpc) is 2.54. The fourth-order valence-corrected chi connectivity index (χ4v) is 2.19. The quantitative estimate of drug-likeness (QED) is 0.651. The summed E-state index contributed by atoms with van der Waals surface area (Å²) in [5.41, 5.74) is 0.711. The molecule has 0 aliphatic heterocycles. The van der Waals surface area contributed by atoms with E-state index in [1.165, 1.54) is 37.4 Å². The molecule has 0 bridgehead atoms. The Morgan fingerprint density at radius 1 is 1.26 bits per heavy atom. The van der Waals surface area contributed by atoms with Gasteiger partial charge in [0.2, 0.25) is 0 Å². The van der Waals surface area contributed by atoms with Gasteiger partial charge in [-0.1, -0.05) is 18.7 Å². The molecule has 0 aliphatic carbocycles. The molecular weight excluding hydrogens is 299 g/mol. The molecule has 0 saturated carbocycles. The maximum atomic E-state index is 13.4. The van der Waals surface area contributed by atoms with Gasteiger partial charge >= 0.3 is 0 Å². The third-order valence-electron chi connectivity index (χ3n) is 3.27. The first-order valence-electron chi connectivity index (χ1n) is 7.01. The van der Waals surface area contributed by atoms with E-state index in [0.29, 0.717) is 12.2 Å². The Morgan fingerprint density at radius 2 is 2.00 bits per heavy atom. The summed E-state index contributed by atoms with van der Waals surface area (Å²) in [6.07, 6.45) is 0. The highest BCUT2D eigenvalue weighted by atomic mass is 19.1. The molecule has 0 aromatic heterocycles. The van der Waals surface area contributed by atoms with Crippen molar-refractivity contribution < 1.29 is 23.8 Å². The van der Waals surface area contributed by atoms with E-state index in [0.717, 1.165) is 6.07 Å². The Balaban J connectivity index is 2.57. The summed E-state index contributed by atoms with van der Waals surface area (Å²) in [7, 11) is 1.40. The van der Waals surface area contributed by atoms with Crippen LogP contribution in [0.5, 0.6) is 11.5 Å². The maximum absolute atomic E-state index is 13.4. The minimum atomic E-state index is -0.515. The van der Waals surface area contributed by atoms with Crippen molar-refractivity contribution in [2.24, 2.45) is 0 Å². The largest absolute Gasteiger partial charge is 0.504 e. The number of carbonyl (C=O) groups excluding carboxylic acids is 1. The van der Waals surface area contributed by atoms with Crippen molar-refractivity contribution in [1.29, 1.82) is 0 Å². The van der Waals surface area contributed by atoms with Gasteiger partial charge in [-0.05, 0) is 31.2 Å². The van der Waals surface area contributed by atoms with Crippen molar-refractivity contribution in [3.63, 3.8) is 0 Å². The Bertz CT molecular complexity index is 753. The summed E-state index contributed by atoms with van der Waals surface area (Å²) >= 11 is 0. The van der Waals surface area contributed by atoms with E-state index >= 15 is 0 Å². The van der Waals surface area contributed by atoms with Crippen LogP contribution >= 0.6 is 0 Å². The van der Waals surface area contributed by atoms with E-state index < -0.39 is 11.6 Å². The highest BCUT2D eigenvalue weighted by molar-refractivity contribution is 6.11. The zero-order valence-corrected chi connectivity index (χ0v) is 12.9. The molecule has 23 heavy (non-hydrogen) atoms. The van der Waals surface area contributed by atoms with Gasteiger partial charge in [0.05, 0.1) is 13.7 Å². The summed E-state index contributed by atoms with van der Waals surface area (Å²) in [4.78, 5) is 12.7. The van der Waals surface area contributed by atoms with Crippen molar-refractivity contribution >= 4 is 11.5 Å². The van der Waals surface area contributed by atoms with Gasteiger partial charge in [-0.3, -0.25) is 4.79 Å². The number of methoxy groups -OCH3 is 1. The molecule has 0 atom stereocenters. The SMILES string of the molecule is C=C(OCC)c1cc(OC)c(O)cc1C(=O)c1cccc(F)c1. The van der Waals surface area contributed by atoms with E-state index in [2.05, 4.69) is 6.58 Å². The van der Waals surface area contributed by atoms with Crippen LogP contribution < -0.4 is 4.74 Å². The number of benzene rings is 2. The molecule has 0 saturated heterocycles. The van der Waals surface area contributed by atoms with Gasteiger partial charge in [-0.15, -0.1) is 0 Å². The Morgan fingerprint density at radius 3 is 2.61 bits per heavy atom. The Labute approximate surface area is 133 Å². The molecule has 0 amide bonds. The minimum absolute atomic E-state index is 0.160. The number of ketones is 1. The average molecular weight is 316 g/mol. The number of rotatable bonds is 6. The minimum Gasteiger partial charge on any atom is -0.504 e. The number of phenols is 1. The van der Waals surface area contributed by atoms with Crippen molar-refractivity contribution in [1.82, 2.24) is 0 Å². The highest BCUT2D eigenvalue weighted by Gasteiger charge is 2.20. The van der Waals surface area contributed by atoms with Crippen LogP contribution in [0, 0.1) is 5.82 Å². The third kappa shape index (κ3) is 3.51. The lowest BCUT2D eigenvalue weighted by molar-refractivity contribution is 0.103. The van der Waals surface area contributed by atoms with Gasteiger partial charge in [0, 0.05) is 16.7 Å². The number of halogens is 1. The van der Waals surface area contributed by atoms with Crippen molar-refractivity contribution in [3.8, 4) is 11.5 Å². The number of ether oxygens (including phenoxy) is 2. The molecule has 0 heterocycles. The first kappa shape index (κ1) is 16.5. The maximum Gasteiger partial charge on any atom is 0.194 e. The second kappa shape index (κ2) is 6.96. The van der Waals surface area contributed by atoms with Gasteiger partial charge in [0.15, 0.2) is 17.3 Å². The predicted octanol–water partition coefficient (Wildman–Crippen LogP) is 3.78. The number of phenolic OH excluding ortho intramolecular Hbond substituents is 1. The fraction of sp³-hybridized carbons (Fsp3) is 0.167. The fourth-order valence-electron chi connectivity index (χ4n) is 2.19. The summed E-state index contributed by atoms with van der Waals surface area (Å²) in [5.74, 6) is -0.695. The van der Waals surface area contributed by atoms with Crippen molar-refractivity contribution in [2.45, 2.75) is 6.92 Å². The summed E-state index contributed by atoms with van der Waals surface area (Å²) in [6, 6.07) is 8.08. The smallest absolute Gasteiger partial charge is 0.194 e. The summed E-state index contributed by atoms with van der Waals surface area (Å²) in [6.45, 7) is 5.95. The van der Waals surface area contributed by atoms with E-state index in [4.69, 9.17) is 9.47 Å². The molecule has 120 valence electrons. The Hall–Kier alpha value is -2.82. The van der Waals surface area contributed by atoms with Gasteiger partial charge in [-0.2, -0.15) is 0 Å². The molecule has 4 nitrogen and oxygen atoms in total. The number of hydrogen-bond acceptors (Lipinski definition) is 4. The first-order valence-corrected chi connectivity index (χ1v) is 7.01. The van der Waals surface area contributed by atoms with Crippen LogP contribution in [-0.2, 0) is 4.74 Å². The van der Waals surface area contributed by atoms with Crippen LogP contribution in [0.15, 0.2) is 43.0 Å². The molecule has 0 radical (unpaired) electrons. The van der Waals surface area contributed by atoms with E-state index in [1.54, 1.807) is 6.92 Å². The lowest BCUT2D eigenvalue weighted by atomic mass is 9.96. The zero-order chi connectivity index (χ0) is 17.0. The number of hydrogen-bond donors (Lipinski definition) is 1. The predicted molar refractivity (Wildman–Crippen MR) is 85.2 cm³/mol. The van der Waals surface area contributed by atoms with E-state index in [9.17, 15) is 14.3 Å². The Kier molecular flexibility index (Phi) is 5.01. The lowest BCUT2D eigenvalue weighted by Crippen LogP contribution is -2.07. The second-order valence-corrected chi connectivity index (χ2v) is 4.77. The first-order chi connectivity index (χ1) is 11.0. The molecular formula is C18H17FO4. The van der Waals surface area contributed by atoms with Crippen molar-refractivity contribution in [3.05, 3.63) is 65.5 Å². The zero-order valence-electron chi connectivity index (χ0n) is 12.9. The van der Waals surface area contributed by atoms with Crippen LogP contribution in [0.4, 0.5) is 4.39 Å². The number of carbonyl (C=O) groups is 1. The summed E-state index contributed by atoms with van der Waals surface area (Å²) in [5, 5.41) is 9.96. The van der Waals surface area contributed by atoms with Crippen LogP contribution in [0.3, 0.4) is 0 Å². The lowest BCUT2D eigenvalue weighted by Gasteiger charge is -2.14.